The summed E-state index contributed by atoms with van der Waals surface area (Å²) in [5, 5.41) is 47.3. The smallest absolute Gasteiger partial charge is 0.326 e. The normalized spacial score (nSPS) is 14.9. The molecule has 23 nitrogen and oxygen atoms in total. The minimum Gasteiger partial charge on any atom is -0.480 e. The number of aliphatic hydroxyl groups excluding tert-OH is 2. The number of carboxylic acid groups (broad SMARTS) is 1. The Morgan fingerprint density at radius 3 is 1.41 bits per heavy atom. The molecule has 354 valence electrons. The van der Waals surface area contributed by atoms with Crippen LogP contribution in [0.25, 0.3) is 0 Å². The first-order valence-corrected chi connectivity index (χ1v) is 20.8. The van der Waals surface area contributed by atoms with E-state index < -0.39 is 115 Å². The number of hydrogen-bond acceptors (Lipinski definition) is 15. The van der Waals surface area contributed by atoms with Gasteiger partial charge in [-0.3, -0.25) is 38.9 Å². The van der Waals surface area contributed by atoms with E-state index in [1.165, 1.54) is 6.92 Å². The number of rotatable bonds is 30. The lowest BCUT2D eigenvalue weighted by Gasteiger charge is -2.27. The number of nitrogens with two attached hydrogens (primary N) is 5. The Hall–Kier alpha value is -6.08. The lowest BCUT2D eigenvalue weighted by molar-refractivity contribution is -0.143. The number of benzene rings is 2. The second-order valence-electron chi connectivity index (χ2n) is 15.1. The highest BCUT2D eigenvalue weighted by molar-refractivity contribution is 5.97. The minimum absolute atomic E-state index is 0.0117. The van der Waals surface area contributed by atoms with E-state index in [4.69, 9.17) is 28.7 Å². The van der Waals surface area contributed by atoms with Gasteiger partial charge in [-0.05, 0) is 63.2 Å². The fourth-order valence-electron chi connectivity index (χ4n) is 6.17. The molecule has 0 bridgehead atoms. The Labute approximate surface area is 370 Å². The van der Waals surface area contributed by atoms with Crippen LogP contribution in [-0.2, 0) is 51.2 Å². The quantitative estimate of drug-likeness (QED) is 0.0257. The zero-order chi connectivity index (χ0) is 47.8. The number of carbonyl (C=O) groups is 8. The average Bonchev–Trinajstić information content (AvgIpc) is 3.25. The summed E-state index contributed by atoms with van der Waals surface area (Å²) in [6.07, 6.45) is -2.13. The molecule has 0 aliphatic rings. The molecule has 0 radical (unpaired) electrons. The maximum Gasteiger partial charge on any atom is 0.326 e. The Morgan fingerprint density at radius 1 is 0.578 bits per heavy atom. The third kappa shape index (κ3) is 20.0. The summed E-state index contributed by atoms with van der Waals surface area (Å²) >= 11 is 0. The molecule has 0 saturated carbocycles. The van der Waals surface area contributed by atoms with Gasteiger partial charge in [0.05, 0.1) is 19.1 Å². The SMILES string of the molecule is C[C@@H](O)[C@H](N)C(=O)N[C@@H](CCCNC(N)N)C(=O)N[C@@H](CO)C(=O)N[C@@H](CCCCN)C(=O)N[C@@H](Cc1ccccc1)C(=O)N[C@@H](Cc1ccccc1)C(=O)N[C@@H](CC(N)=O)C(=O)O. The van der Waals surface area contributed by atoms with E-state index in [0.29, 0.717) is 24.0 Å². The number of aliphatic hydroxyl groups is 2. The minimum atomic E-state index is -1.71. The summed E-state index contributed by atoms with van der Waals surface area (Å²) in [6.45, 7) is 0.806. The molecule has 7 amide bonds. The van der Waals surface area contributed by atoms with Gasteiger partial charge < -0.3 is 75.9 Å². The lowest BCUT2D eigenvalue weighted by Crippen LogP contribution is -2.61. The number of primary amides is 1. The Balaban J connectivity index is 2.41. The fourth-order valence-corrected chi connectivity index (χ4v) is 6.17. The van der Waals surface area contributed by atoms with Gasteiger partial charge in [0.1, 0.15) is 48.6 Å². The largest absolute Gasteiger partial charge is 0.480 e. The summed E-state index contributed by atoms with van der Waals surface area (Å²) < 4.78 is 0. The van der Waals surface area contributed by atoms with Crippen LogP contribution in [-0.4, -0.2) is 137 Å². The third-order valence-corrected chi connectivity index (χ3v) is 9.75. The molecule has 2 aromatic carbocycles. The summed E-state index contributed by atoms with van der Waals surface area (Å²) in [5.74, 6) is -7.98. The van der Waals surface area contributed by atoms with Crippen LogP contribution in [0, 0.1) is 0 Å². The Bertz CT molecular complexity index is 1820. The van der Waals surface area contributed by atoms with Crippen LogP contribution in [0.5, 0.6) is 0 Å². The molecule has 0 aliphatic heterocycles. The van der Waals surface area contributed by atoms with Gasteiger partial charge in [0.25, 0.3) is 0 Å². The van der Waals surface area contributed by atoms with Gasteiger partial charge in [-0.1, -0.05) is 60.7 Å². The molecular formula is C41H64N12O11. The van der Waals surface area contributed by atoms with E-state index in [9.17, 15) is 53.7 Å². The molecule has 0 fully saturated rings. The highest BCUT2D eigenvalue weighted by Gasteiger charge is 2.34. The lowest BCUT2D eigenvalue weighted by atomic mass is 10.0. The highest BCUT2D eigenvalue weighted by atomic mass is 16.4. The van der Waals surface area contributed by atoms with Crippen LogP contribution >= 0.6 is 0 Å². The van der Waals surface area contributed by atoms with Crippen LogP contribution in [0.15, 0.2) is 60.7 Å². The first-order chi connectivity index (χ1) is 30.4. The number of amides is 7. The van der Waals surface area contributed by atoms with Crippen LogP contribution in [0.4, 0.5) is 0 Å². The summed E-state index contributed by atoms with van der Waals surface area (Å²) in [4.78, 5) is 105. The van der Waals surface area contributed by atoms with Crippen molar-refractivity contribution in [2.45, 2.75) is 113 Å². The van der Waals surface area contributed by atoms with Gasteiger partial charge in [0.2, 0.25) is 41.4 Å². The Kier molecular flexibility index (Phi) is 24.1. The van der Waals surface area contributed by atoms with E-state index >= 15 is 0 Å². The van der Waals surface area contributed by atoms with Crippen molar-refractivity contribution in [2.24, 2.45) is 28.7 Å². The third-order valence-electron chi connectivity index (χ3n) is 9.75. The topological polar surface area (TPSA) is 412 Å². The molecular weight excluding hydrogens is 837 g/mol. The maximum absolute atomic E-state index is 14.2. The molecule has 0 aliphatic carbocycles. The van der Waals surface area contributed by atoms with Gasteiger partial charge in [-0.25, -0.2) is 4.79 Å². The first-order valence-electron chi connectivity index (χ1n) is 20.8. The number of nitrogens with one attached hydrogen (secondary N) is 7. The zero-order valence-corrected chi connectivity index (χ0v) is 35.7. The highest BCUT2D eigenvalue weighted by Crippen LogP contribution is 2.10. The molecule has 8 atom stereocenters. The predicted molar refractivity (Wildman–Crippen MR) is 232 cm³/mol. The maximum atomic E-state index is 14.2. The average molecular weight is 901 g/mol. The molecule has 64 heavy (non-hydrogen) atoms. The van der Waals surface area contributed by atoms with Crippen molar-refractivity contribution >= 4 is 47.3 Å². The predicted octanol–water partition coefficient (Wildman–Crippen LogP) is -5.26. The molecule has 2 aromatic rings. The molecule has 23 heteroatoms. The van der Waals surface area contributed by atoms with Crippen LogP contribution in [0.2, 0.25) is 0 Å². The van der Waals surface area contributed by atoms with Crippen molar-refractivity contribution in [3.63, 3.8) is 0 Å². The first kappa shape index (κ1) is 54.1. The van der Waals surface area contributed by atoms with E-state index in [2.05, 4.69) is 37.2 Å². The van der Waals surface area contributed by atoms with Crippen molar-refractivity contribution in [2.75, 3.05) is 19.7 Å². The van der Waals surface area contributed by atoms with Crippen LogP contribution in [0.1, 0.15) is 56.6 Å². The zero-order valence-electron chi connectivity index (χ0n) is 35.7. The van der Waals surface area contributed by atoms with E-state index in [1.807, 2.05) is 0 Å². The second kappa shape index (κ2) is 28.6. The molecule has 0 unspecified atom stereocenters. The standard InChI is InChI=1S/C41H64N12O11/c1-23(55)33(44)39(62)49-27(16-10-18-47-41(45)46)35(58)53-31(22-54)38(61)48-26(15-8-9-17-42)34(57)50-28(19-24-11-4-2-5-12-24)36(59)51-29(20-25-13-6-3-7-14-25)37(60)52-30(40(63)64)21-32(43)56/h2-7,11-14,23,26-31,33,41,47,54-55H,8-10,15-22,42,44-46H2,1H3,(H2,43,56)(H,48,61)(H,49,62)(H,50,57)(H,51,59)(H,52,60)(H,53,58)(H,63,64)/t23-,26+,27+,28+,29+,30+,31+,33+/m1/s1. The van der Waals surface area contributed by atoms with Crippen molar-refractivity contribution in [1.82, 2.24) is 37.2 Å². The van der Waals surface area contributed by atoms with Crippen molar-refractivity contribution in [1.29, 1.82) is 0 Å². The van der Waals surface area contributed by atoms with Crippen molar-refractivity contribution in [3.05, 3.63) is 71.8 Å². The van der Waals surface area contributed by atoms with Crippen molar-refractivity contribution < 1.29 is 53.7 Å². The molecule has 0 aromatic heterocycles. The molecule has 0 spiro atoms. The van der Waals surface area contributed by atoms with Crippen LogP contribution < -0.4 is 65.9 Å². The summed E-state index contributed by atoms with van der Waals surface area (Å²) in [6, 6.07) is 6.72. The van der Waals surface area contributed by atoms with Gasteiger partial charge in [-0.15, -0.1) is 0 Å². The number of carboxylic acids is 1. The van der Waals surface area contributed by atoms with Gasteiger partial charge in [0, 0.05) is 12.8 Å². The summed E-state index contributed by atoms with van der Waals surface area (Å²) in [7, 11) is 0. The van der Waals surface area contributed by atoms with Crippen molar-refractivity contribution in [3.8, 4) is 0 Å². The fraction of sp³-hybridized carbons (Fsp3) is 0.512. The van der Waals surface area contributed by atoms with E-state index in [-0.39, 0.29) is 45.2 Å². The van der Waals surface area contributed by atoms with E-state index in [1.54, 1.807) is 60.7 Å². The molecule has 20 N–H and O–H groups in total. The number of hydrogen-bond donors (Lipinski definition) is 15. The van der Waals surface area contributed by atoms with Crippen LogP contribution in [0.3, 0.4) is 0 Å². The number of carbonyl (C=O) groups excluding carboxylic acids is 7. The van der Waals surface area contributed by atoms with Gasteiger partial charge >= 0.3 is 5.97 Å². The second-order valence-corrected chi connectivity index (χ2v) is 15.1. The van der Waals surface area contributed by atoms with Gasteiger partial charge in [0.15, 0.2) is 0 Å². The number of unbranched alkanes of at least 4 members (excludes halogenated alkanes) is 1. The summed E-state index contributed by atoms with van der Waals surface area (Å²) in [5.41, 5.74) is 28.8. The monoisotopic (exact) mass is 900 g/mol. The Morgan fingerprint density at radius 2 is 0.984 bits per heavy atom. The van der Waals surface area contributed by atoms with Gasteiger partial charge in [-0.2, -0.15) is 0 Å². The molecule has 2 rings (SSSR count). The molecule has 0 saturated heterocycles. The van der Waals surface area contributed by atoms with E-state index in [0.717, 1.165) is 0 Å². The number of aliphatic carboxylic acids is 1. The molecule has 0 heterocycles.